The van der Waals surface area contributed by atoms with Gasteiger partial charge in [-0.1, -0.05) is 17.7 Å². The van der Waals surface area contributed by atoms with Crippen molar-refractivity contribution in [2.24, 2.45) is 0 Å². The molecule has 0 heterocycles. The first kappa shape index (κ1) is 12.8. The summed E-state index contributed by atoms with van der Waals surface area (Å²) in [5.74, 6) is -0.146. The molecule has 1 aromatic rings. The number of phenolic OH excluding ortho intramolecular Hbond substituents is 1. The molecule has 4 nitrogen and oxygen atoms in total. The van der Waals surface area contributed by atoms with Gasteiger partial charge in [0.15, 0.2) is 0 Å². The normalized spacial score (nSPS) is 12.2. The number of carbonyl (C=O) groups is 1. The van der Waals surface area contributed by atoms with E-state index in [1.165, 1.54) is 12.1 Å². The third-order valence-corrected chi connectivity index (χ3v) is 2.42. The van der Waals surface area contributed by atoms with Crippen LogP contribution in [0.2, 0.25) is 5.02 Å². The number of rotatable bonds is 4. The highest BCUT2D eigenvalue weighted by Gasteiger charge is 2.09. The van der Waals surface area contributed by atoms with E-state index in [4.69, 9.17) is 21.8 Å². The number of carbonyl (C=O) groups excluding carboxylic acids is 1. The van der Waals surface area contributed by atoms with Gasteiger partial charge in [0.25, 0.3) is 0 Å². The van der Waals surface area contributed by atoms with Gasteiger partial charge in [0.05, 0.1) is 13.0 Å². The average molecular weight is 244 g/mol. The van der Waals surface area contributed by atoms with Crippen LogP contribution in [0, 0.1) is 0 Å². The Balaban J connectivity index is 2.63. The number of benzene rings is 1. The second-order valence-corrected chi connectivity index (χ2v) is 4.01. The number of hydrogen-bond donors (Lipinski definition) is 3. The summed E-state index contributed by atoms with van der Waals surface area (Å²) in [6, 6.07) is 4.19. The van der Waals surface area contributed by atoms with Crippen molar-refractivity contribution < 1.29 is 15.0 Å². The summed E-state index contributed by atoms with van der Waals surface area (Å²) >= 11 is 5.85. The number of aliphatic hydroxyl groups excluding tert-OH is 1. The van der Waals surface area contributed by atoms with E-state index >= 15 is 0 Å². The fourth-order valence-corrected chi connectivity index (χ4v) is 1.47. The fourth-order valence-electron chi connectivity index (χ4n) is 1.22. The van der Waals surface area contributed by atoms with Crippen LogP contribution in [-0.4, -0.2) is 28.8 Å². The Morgan fingerprint density at radius 1 is 1.56 bits per heavy atom. The van der Waals surface area contributed by atoms with Gasteiger partial charge in [-0.2, -0.15) is 0 Å². The Hall–Kier alpha value is -1.26. The molecule has 1 unspecified atom stereocenters. The Kier molecular flexibility index (Phi) is 4.58. The van der Waals surface area contributed by atoms with Crippen LogP contribution in [0.5, 0.6) is 5.75 Å². The van der Waals surface area contributed by atoms with Gasteiger partial charge < -0.3 is 15.5 Å². The predicted molar refractivity (Wildman–Crippen MR) is 61.5 cm³/mol. The second kappa shape index (κ2) is 5.72. The molecule has 0 fully saturated rings. The van der Waals surface area contributed by atoms with Crippen LogP contribution in [0.25, 0.3) is 0 Å². The number of nitrogens with one attached hydrogen (secondary N) is 1. The van der Waals surface area contributed by atoms with Crippen LogP contribution < -0.4 is 5.32 Å². The molecule has 0 aliphatic heterocycles. The van der Waals surface area contributed by atoms with Gasteiger partial charge >= 0.3 is 0 Å². The summed E-state index contributed by atoms with van der Waals surface area (Å²) in [6.45, 7) is 1.60. The maximum absolute atomic E-state index is 11.5. The lowest BCUT2D eigenvalue weighted by Crippen LogP contribution is -2.36. The Morgan fingerprint density at radius 2 is 2.25 bits per heavy atom. The molecule has 1 rings (SSSR count). The van der Waals surface area contributed by atoms with Crippen molar-refractivity contribution >= 4 is 17.5 Å². The molecule has 0 radical (unpaired) electrons. The monoisotopic (exact) mass is 243 g/mol. The van der Waals surface area contributed by atoms with Crippen LogP contribution in [-0.2, 0) is 11.2 Å². The number of hydrogen-bond acceptors (Lipinski definition) is 3. The quantitative estimate of drug-likeness (QED) is 0.741. The Morgan fingerprint density at radius 3 is 2.81 bits per heavy atom. The SMILES string of the molecule is CC(CO)NC(=O)Cc1ccc(O)cc1Cl. The number of aliphatic hydroxyl groups is 1. The zero-order chi connectivity index (χ0) is 12.1. The molecule has 0 aromatic heterocycles. The van der Waals surface area contributed by atoms with Gasteiger partial charge in [0.1, 0.15) is 5.75 Å². The van der Waals surface area contributed by atoms with Crippen molar-refractivity contribution in [3.05, 3.63) is 28.8 Å². The molecule has 0 bridgehead atoms. The zero-order valence-corrected chi connectivity index (χ0v) is 9.66. The summed E-state index contributed by atoms with van der Waals surface area (Å²) < 4.78 is 0. The first-order valence-corrected chi connectivity index (χ1v) is 5.28. The lowest BCUT2D eigenvalue weighted by molar-refractivity contribution is -0.121. The number of phenols is 1. The van der Waals surface area contributed by atoms with Crippen molar-refractivity contribution in [1.29, 1.82) is 0 Å². The van der Waals surface area contributed by atoms with E-state index in [0.717, 1.165) is 0 Å². The van der Waals surface area contributed by atoms with Gasteiger partial charge in [0.2, 0.25) is 5.91 Å². The third kappa shape index (κ3) is 3.72. The van der Waals surface area contributed by atoms with E-state index < -0.39 is 0 Å². The topological polar surface area (TPSA) is 69.6 Å². The molecule has 88 valence electrons. The van der Waals surface area contributed by atoms with E-state index in [-0.39, 0.29) is 30.7 Å². The summed E-state index contributed by atoms with van der Waals surface area (Å²) in [7, 11) is 0. The van der Waals surface area contributed by atoms with Gasteiger partial charge in [-0.3, -0.25) is 4.79 Å². The average Bonchev–Trinajstić information content (AvgIpc) is 2.22. The number of amides is 1. The molecule has 1 aromatic carbocycles. The van der Waals surface area contributed by atoms with Gasteiger partial charge in [-0.05, 0) is 24.6 Å². The molecule has 0 saturated carbocycles. The largest absolute Gasteiger partial charge is 0.508 e. The van der Waals surface area contributed by atoms with E-state index in [9.17, 15) is 4.79 Å². The summed E-state index contributed by atoms with van der Waals surface area (Å²) in [6.07, 6.45) is 0.128. The first-order chi connectivity index (χ1) is 7.52. The molecule has 0 spiro atoms. The smallest absolute Gasteiger partial charge is 0.224 e. The molecule has 1 amide bonds. The zero-order valence-electron chi connectivity index (χ0n) is 8.90. The van der Waals surface area contributed by atoms with Crippen molar-refractivity contribution in [1.82, 2.24) is 5.32 Å². The van der Waals surface area contributed by atoms with Crippen LogP contribution >= 0.6 is 11.6 Å². The highest BCUT2D eigenvalue weighted by molar-refractivity contribution is 6.31. The Bertz CT molecular complexity index is 381. The lowest BCUT2D eigenvalue weighted by atomic mass is 10.1. The molecule has 16 heavy (non-hydrogen) atoms. The van der Waals surface area contributed by atoms with E-state index in [0.29, 0.717) is 10.6 Å². The molecular weight excluding hydrogens is 230 g/mol. The van der Waals surface area contributed by atoms with Crippen molar-refractivity contribution in [2.75, 3.05) is 6.61 Å². The molecule has 0 aliphatic carbocycles. The fraction of sp³-hybridized carbons (Fsp3) is 0.364. The first-order valence-electron chi connectivity index (χ1n) is 4.90. The van der Waals surface area contributed by atoms with Gasteiger partial charge in [0, 0.05) is 11.1 Å². The molecule has 3 N–H and O–H groups in total. The molecule has 0 aliphatic rings. The summed E-state index contributed by atoms with van der Waals surface area (Å²) in [5.41, 5.74) is 0.641. The van der Waals surface area contributed by atoms with Crippen molar-refractivity contribution in [3.8, 4) is 5.75 Å². The summed E-state index contributed by atoms with van der Waals surface area (Å²) in [4.78, 5) is 11.5. The molecule has 0 saturated heterocycles. The minimum absolute atomic E-state index is 0.0675. The maximum Gasteiger partial charge on any atom is 0.224 e. The van der Waals surface area contributed by atoms with Crippen LogP contribution in [0.3, 0.4) is 0 Å². The van der Waals surface area contributed by atoms with Crippen molar-refractivity contribution in [3.63, 3.8) is 0 Å². The van der Waals surface area contributed by atoms with E-state index in [1.807, 2.05) is 0 Å². The third-order valence-electron chi connectivity index (χ3n) is 2.07. The van der Waals surface area contributed by atoms with Crippen molar-refractivity contribution in [2.45, 2.75) is 19.4 Å². The molecule has 1 atom stereocenters. The second-order valence-electron chi connectivity index (χ2n) is 3.60. The lowest BCUT2D eigenvalue weighted by Gasteiger charge is -2.11. The maximum atomic E-state index is 11.5. The molecule has 5 heteroatoms. The van der Waals surface area contributed by atoms with Gasteiger partial charge in [-0.15, -0.1) is 0 Å². The van der Waals surface area contributed by atoms with Crippen LogP contribution in [0.1, 0.15) is 12.5 Å². The van der Waals surface area contributed by atoms with Crippen LogP contribution in [0.4, 0.5) is 0 Å². The van der Waals surface area contributed by atoms with E-state index in [2.05, 4.69) is 5.32 Å². The molecular formula is C11H14ClNO3. The minimum atomic E-state index is -0.275. The van der Waals surface area contributed by atoms with Crippen LogP contribution in [0.15, 0.2) is 18.2 Å². The number of halogens is 1. The highest BCUT2D eigenvalue weighted by atomic mass is 35.5. The standard InChI is InChI=1S/C11H14ClNO3/c1-7(6-14)13-11(16)4-8-2-3-9(15)5-10(8)12/h2-3,5,7,14-15H,4,6H2,1H3,(H,13,16). The highest BCUT2D eigenvalue weighted by Crippen LogP contribution is 2.21. The predicted octanol–water partition coefficient (Wildman–Crippen LogP) is 1.09. The van der Waals surface area contributed by atoms with Gasteiger partial charge in [-0.25, -0.2) is 0 Å². The number of aromatic hydroxyl groups is 1. The minimum Gasteiger partial charge on any atom is -0.508 e. The summed E-state index contributed by atoms with van der Waals surface area (Å²) in [5, 5.41) is 20.9. The van der Waals surface area contributed by atoms with E-state index in [1.54, 1.807) is 13.0 Å². The Labute approximate surface area is 98.9 Å².